The third-order valence-corrected chi connectivity index (χ3v) is 14.4. The van der Waals surface area contributed by atoms with Crippen molar-refractivity contribution >= 4 is 70.4 Å². The molecule has 4 heterocycles. The van der Waals surface area contributed by atoms with Crippen molar-refractivity contribution in [1.29, 1.82) is 0 Å². The SMILES string of the molecule is c1ccc(-c2ccc3c(c2)Oc2cc(-n4c5ccccc5c5ccccc54)cc4c2N3c2ccc(-c3ccccc3-c3ccc(-c5cccc6c5sc5ccccc56)cc3)cc2O4)cc1. The molecule has 0 amide bonds. The van der Waals surface area contributed by atoms with Gasteiger partial charge in [-0.3, -0.25) is 4.90 Å². The molecule has 0 aliphatic carbocycles. The summed E-state index contributed by atoms with van der Waals surface area (Å²) in [6.07, 6.45) is 0. The molecule has 10 aromatic carbocycles. The zero-order chi connectivity index (χ0) is 42.6. The fourth-order valence-electron chi connectivity index (χ4n) is 10.2. The molecule has 0 spiro atoms. The molecule has 0 atom stereocenters. The first kappa shape index (κ1) is 36.1. The van der Waals surface area contributed by atoms with Crippen LogP contribution < -0.4 is 14.4 Å². The van der Waals surface area contributed by atoms with Crippen molar-refractivity contribution in [2.45, 2.75) is 0 Å². The van der Waals surface area contributed by atoms with Crippen molar-refractivity contribution in [2.24, 2.45) is 0 Å². The third kappa shape index (κ3) is 5.56. The van der Waals surface area contributed by atoms with Gasteiger partial charge in [-0.2, -0.15) is 0 Å². The van der Waals surface area contributed by atoms with Crippen molar-refractivity contribution in [3.63, 3.8) is 0 Å². The van der Waals surface area contributed by atoms with Crippen molar-refractivity contribution < 1.29 is 9.47 Å². The number of thiophene rings is 1. The van der Waals surface area contributed by atoms with Crippen LogP contribution in [0.3, 0.4) is 0 Å². The van der Waals surface area contributed by atoms with Crippen LogP contribution in [-0.4, -0.2) is 4.57 Å². The van der Waals surface area contributed by atoms with Gasteiger partial charge in [-0.1, -0.05) is 164 Å². The molecule has 0 saturated heterocycles. The Labute approximate surface area is 379 Å². The van der Waals surface area contributed by atoms with Crippen LogP contribution >= 0.6 is 11.3 Å². The number of nitrogens with zero attached hydrogens (tertiary/aromatic N) is 2. The molecular weight excluding hydrogens is 813 g/mol. The molecule has 0 fully saturated rings. The van der Waals surface area contributed by atoms with Gasteiger partial charge >= 0.3 is 0 Å². The van der Waals surface area contributed by atoms with Crippen LogP contribution in [-0.2, 0) is 0 Å². The summed E-state index contributed by atoms with van der Waals surface area (Å²) < 4.78 is 19.0. The molecule has 4 nitrogen and oxygen atoms in total. The van der Waals surface area contributed by atoms with Crippen LogP contribution in [0.5, 0.6) is 23.0 Å². The second-order valence-corrected chi connectivity index (χ2v) is 17.9. The van der Waals surface area contributed by atoms with Crippen LogP contribution in [0.25, 0.3) is 92.2 Å². The third-order valence-electron chi connectivity index (χ3n) is 13.2. The van der Waals surface area contributed by atoms with Gasteiger partial charge in [-0.15, -0.1) is 11.3 Å². The first-order valence-corrected chi connectivity index (χ1v) is 22.8. The predicted molar refractivity (Wildman–Crippen MR) is 270 cm³/mol. The summed E-state index contributed by atoms with van der Waals surface area (Å²) in [5.41, 5.74) is 15.3. The lowest BCUT2D eigenvalue weighted by Crippen LogP contribution is -2.20. The van der Waals surface area contributed by atoms with Crippen molar-refractivity contribution in [3.8, 4) is 73.2 Å². The molecule has 304 valence electrons. The Balaban J connectivity index is 0.898. The van der Waals surface area contributed by atoms with Crippen LogP contribution in [0.4, 0.5) is 17.1 Å². The molecule has 14 rings (SSSR count). The normalized spacial score (nSPS) is 12.5. The van der Waals surface area contributed by atoms with Crippen molar-refractivity contribution in [1.82, 2.24) is 4.57 Å². The summed E-state index contributed by atoms with van der Waals surface area (Å²) in [5.74, 6) is 3.05. The lowest BCUT2D eigenvalue weighted by atomic mass is 9.92. The second kappa shape index (κ2) is 14.1. The van der Waals surface area contributed by atoms with Gasteiger partial charge in [0.05, 0.1) is 28.1 Å². The Morgan fingerprint density at radius 2 is 0.846 bits per heavy atom. The largest absolute Gasteiger partial charge is 0.453 e. The quantitative estimate of drug-likeness (QED) is 0.173. The average molecular weight is 849 g/mol. The van der Waals surface area contributed by atoms with Crippen LogP contribution in [0.1, 0.15) is 0 Å². The minimum absolute atomic E-state index is 0.735. The maximum atomic E-state index is 7.09. The number of ether oxygens (including phenoxy) is 2. The van der Waals surface area contributed by atoms with E-state index in [4.69, 9.17) is 9.47 Å². The fraction of sp³-hybridized carbons (Fsp3) is 0. The molecule has 2 aliphatic heterocycles. The fourth-order valence-corrected chi connectivity index (χ4v) is 11.4. The smallest absolute Gasteiger partial charge is 0.157 e. The maximum Gasteiger partial charge on any atom is 0.157 e. The minimum Gasteiger partial charge on any atom is -0.453 e. The van der Waals surface area contributed by atoms with Gasteiger partial charge in [-0.05, 0) is 87.0 Å². The molecule has 0 bridgehead atoms. The first-order valence-electron chi connectivity index (χ1n) is 22.0. The maximum absolute atomic E-state index is 7.09. The number of benzene rings is 10. The molecular formula is C60H36N2O2S. The Morgan fingerprint density at radius 3 is 1.54 bits per heavy atom. The predicted octanol–water partition coefficient (Wildman–Crippen LogP) is 17.5. The lowest BCUT2D eigenvalue weighted by molar-refractivity contribution is 0.446. The molecule has 5 heteroatoms. The summed E-state index contributed by atoms with van der Waals surface area (Å²) in [6, 6.07) is 78.3. The molecule has 2 aliphatic rings. The van der Waals surface area contributed by atoms with Crippen LogP contribution in [0.15, 0.2) is 218 Å². The zero-order valence-electron chi connectivity index (χ0n) is 34.9. The molecule has 2 aromatic heterocycles. The van der Waals surface area contributed by atoms with E-state index < -0.39 is 0 Å². The van der Waals surface area contributed by atoms with Gasteiger partial charge in [0.2, 0.25) is 0 Å². The second-order valence-electron chi connectivity index (χ2n) is 16.8. The first-order chi connectivity index (χ1) is 32.2. The van der Waals surface area contributed by atoms with Gasteiger partial charge in [-0.25, -0.2) is 0 Å². The van der Waals surface area contributed by atoms with E-state index in [1.807, 2.05) is 17.4 Å². The van der Waals surface area contributed by atoms with E-state index in [0.717, 1.165) is 90.2 Å². The monoisotopic (exact) mass is 848 g/mol. The molecule has 0 saturated carbocycles. The minimum atomic E-state index is 0.735. The van der Waals surface area contributed by atoms with E-state index in [-0.39, 0.29) is 0 Å². The highest BCUT2D eigenvalue weighted by molar-refractivity contribution is 7.26. The van der Waals surface area contributed by atoms with Gasteiger partial charge in [0.15, 0.2) is 23.0 Å². The Morgan fingerprint density at radius 1 is 0.338 bits per heavy atom. The van der Waals surface area contributed by atoms with E-state index >= 15 is 0 Å². The van der Waals surface area contributed by atoms with E-state index in [1.54, 1.807) is 0 Å². The summed E-state index contributed by atoms with van der Waals surface area (Å²) in [6.45, 7) is 0. The number of anilines is 3. The van der Waals surface area contributed by atoms with E-state index in [0.29, 0.717) is 0 Å². The summed E-state index contributed by atoms with van der Waals surface area (Å²) in [4.78, 5) is 2.32. The summed E-state index contributed by atoms with van der Waals surface area (Å²) in [7, 11) is 0. The molecule has 12 aromatic rings. The van der Waals surface area contributed by atoms with Crippen LogP contribution in [0.2, 0.25) is 0 Å². The number of para-hydroxylation sites is 2. The highest BCUT2D eigenvalue weighted by Crippen LogP contribution is 2.61. The highest BCUT2D eigenvalue weighted by atomic mass is 32.1. The van der Waals surface area contributed by atoms with Crippen molar-refractivity contribution in [2.75, 3.05) is 4.90 Å². The van der Waals surface area contributed by atoms with Crippen molar-refractivity contribution in [3.05, 3.63) is 218 Å². The Bertz CT molecular complexity index is 3850. The average Bonchev–Trinajstić information content (AvgIpc) is 3.92. The van der Waals surface area contributed by atoms with E-state index in [9.17, 15) is 0 Å². The molecule has 65 heavy (non-hydrogen) atoms. The number of rotatable bonds is 5. The molecule has 0 unspecified atom stereocenters. The number of fused-ring (bicyclic) bond motifs is 10. The topological polar surface area (TPSA) is 26.6 Å². The number of hydrogen-bond donors (Lipinski definition) is 0. The molecule has 0 N–H and O–H groups in total. The van der Waals surface area contributed by atoms with E-state index in [2.05, 4.69) is 222 Å². The zero-order valence-corrected chi connectivity index (χ0v) is 35.7. The van der Waals surface area contributed by atoms with Gasteiger partial charge in [0.25, 0.3) is 0 Å². The number of hydrogen-bond acceptors (Lipinski definition) is 4. The highest BCUT2D eigenvalue weighted by Gasteiger charge is 2.36. The lowest BCUT2D eigenvalue weighted by Gasteiger charge is -2.38. The van der Waals surface area contributed by atoms with Gasteiger partial charge < -0.3 is 14.0 Å². The Hall–Kier alpha value is -8.38. The van der Waals surface area contributed by atoms with Gasteiger partial charge in [0, 0.05) is 43.1 Å². The number of aromatic nitrogens is 1. The van der Waals surface area contributed by atoms with Gasteiger partial charge in [0.1, 0.15) is 5.69 Å². The molecule has 0 radical (unpaired) electrons. The summed E-state index contributed by atoms with van der Waals surface area (Å²) >= 11 is 1.87. The summed E-state index contributed by atoms with van der Waals surface area (Å²) in [5, 5.41) is 5.03. The standard InChI is InChI=1S/C60H36N2O2S/c1-2-13-37(14-3-1)40-29-31-52-54(33-40)63-56-35-42(61-50-22-9-6-17-46(50)47-18-7-10-23-51(47)61)36-57-59(56)62(52)53-32-30-41(34-55(53)64-57)44-16-5-4-15-43(44)38-25-27-39(28-26-38)45-20-12-21-49-48-19-8-11-24-58(48)65-60(45)49/h1-36H. The van der Waals surface area contributed by atoms with Crippen LogP contribution in [0, 0.1) is 0 Å². The Kier molecular flexibility index (Phi) is 7.82. The van der Waals surface area contributed by atoms with E-state index in [1.165, 1.54) is 42.1 Å².